The van der Waals surface area contributed by atoms with E-state index in [1.165, 1.54) is 5.56 Å². The number of pyridine rings is 1. The van der Waals surface area contributed by atoms with Crippen molar-refractivity contribution in [2.45, 2.75) is 45.1 Å². The van der Waals surface area contributed by atoms with Crippen molar-refractivity contribution >= 4 is 5.82 Å². The number of furan rings is 1. The Morgan fingerprint density at radius 2 is 2.17 bits per heavy atom. The van der Waals surface area contributed by atoms with Gasteiger partial charge < -0.3 is 9.52 Å². The maximum absolute atomic E-state index is 9.66. The van der Waals surface area contributed by atoms with Gasteiger partial charge in [0.25, 0.3) is 5.82 Å². The predicted molar refractivity (Wildman–Crippen MR) is 86.8 cm³/mol. The second-order valence-corrected chi connectivity index (χ2v) is 5.94. The number of nitrogens with zero attached hydrogens (tertiary/aromatic N) is 1. The lowest BCUT2D eigenvalue weighted by molar-refractivity contribution is -0.350. The Labute approximate surface area is 136 Å². The number of aromatic amines is 1. The molecule has 0 spiro atoms. The van der Waals surface area contributed by atoms with E-state index in [0.717, 1.165) is 49.1 Å². The zero-order chi connectivity index (χ0) is 16.2. The normalized spacial score (nSPS) is 14.8. The van der Waals surface area contributed by atoms with Gasteiger partial charge in [-0.3, -0.25) is 5.32 Å². The Balaban J connectivity index is 2.15. The molecule has 2 aromatic rings. The van der Waals surface area contributed by atoms with E-state index in [0.29, 0.717) is 11.4 Å². The van der Waals surface area contributed by atoms with Crippen LogP contribution >= 0.6 is 0 Å². The molecule has 1 aliphatic rings. The van der Waals surface area contributed by atoms with Crippen molar-refractivity contribution in [1.29, 1.82) is 5.26 Å². The highest BCUT2D eigenvalue weighted by atomic mass is 16.3. The predicted octanol–water partition coefficient (Wildman–Crippen LogP) is 2.69. The number of fused-ring (bicyclic) bond motifs is 1. The van der Waals surface area contributed by atoms with E-state index in [1.807, 2.05) is 19.1 Å². The molecule has 0 unspecified atom stereocenters. The van der Waals surface area contributed by atoms with Crippen LogP contribution in [0.3, 0.4) is 0 Å². The number of rotatable bonds is 5. The number of nitriles is 1. The minimum absolute atomic E-state index is 0.0301. The summed E-state index contributed by atoms with van der Waals surface area (Å²) in [5.41, 5.74) is 3.91. The van der Waals surface area contributed by atoms with Crippen LogP contribution in [0.5, 0.6) is 0 Å². The summed E-state index contributed by atoms with van der Waals surface area (Å²) >= 11 is 0. The standard InChI is InChI=1S/C18H21N3O2/c1-2-12(11-22)20-18-15(10-19)13-6-3-4-7-14(13)17(21-18)16-8-5-9-23-16/h5,8-9,12,22H,2-4,6-7,11H2,1H3,(H,20,21)/p+1/t12-/m0/s1. The van der Waals surface area contributed by atoms with Crippen LogP contribution in [0.1, 0.15) is 42.9 Å². The molecular weight excluding hydrogens is 290 g/mol. The Morgan fingerprint density at radius 3 is 2.78 bits per heavy atom. The number of H-pyrrole nitrogens is 1. The first-order valence-electron chi connectivity index (χ1n) is 8.20. The van der Waals surface area contributed by atoms with Gasteiger partial charge in [-0.15, -0.1) is 0 Å². The maximum Gasteiger partial charge on any atom is 0.291 e. The number of aliphatic hydroxyl groups is 1. The third kappa shape index (κ3) is 2.95. The second-order valence-electron chi connectivity index (χ2n) is 5.94. The van der Waals surface area contributed by atoms with Gasteiger partial charge in [-0.2, -0.15) is 5.26 Å². The molecule has 23 heavy (non-hydrogen) atoms. The van der Waals surface area contributed by atoms with Crippen LogP contribution in [0.2, 0.25) is 0 Å². The zero-order valence-corrected chi connectivity index (χ0v) is 13.4. The molecule has 3 N–H and O–H groups in total. The molecule has 5 nitrogen and oxygen atoms in total. The smallest absolute Gasteiger partial charge is 0.291 e. The summed E-state index contributed by atoms with van der Waals surface area (Å²) in [6.07, 6.45) is 6.52. The molecule has 120 valence electrons. The van der Waals surface area contributed by atoms with Crippen LogP contribution in [0.25, 0.3) is 11.5 Å². The van der Waals surface area contributed by atoms with E-state index in [9.17, 15) is 10.4 Å². The number of anilines is 1. The van der Waals surface area contributed by atoms with Crippen LogP contribution in [-0.4, -0.2) is 17.8 Å². The number of nitrogens with one attached hydrogen (secondary N) is 2. The highest BCUT2D eigenvalue weighted by Gasteiger charge is 2.28. The minimum atomic E-state index is -0.0792. The van der Waals surface area contributed by atoms with E-state index in [-0.39, 0.29) is 12.6 Å². The summed E-state index contributed by atoms with van der Waals surface area (Å²) < 4.78 is 5.58. The first kappa shape index (κ1) is 15.6. The summed E-state index contributed by atoms with van der Waals surface area (Å²) in [4.78, 5) is 3.36. The van der Waals surface area contributed by atoms with E-state index in [4.69, 9.17) is 4.42 Å². The van der Waals surface area contributed by atoms with E-state index in [1.54, 1.807) is 6.26 Å². The maximum atomic E-state index is 9.66. The number of aromatic nitrogens is 1. The van der Waals surface area contributed by atoms with E-state index < -0.39 is 0 Å². The van der Waals surface area contributed by atoms with Gasteiger partial charge in [0.2, 0.25) is 0 Å². The molecule has 0 saturated heterocycles. The van der Waals surface area contributed by atoms with Crippen molar-refractivity contribution in [3.05, 3.63) is 35.1 Å². The molecule has 0 aromatic carbocycles. The van der Waals surface area contributed by atoms with Gasteiger partial charge in [0.05, 0.1) is 12.9 Å². The molecule has 2 aromatic heterocycles. The molecule has 3 rings (SSSR count). The number of hydrogen-bond acceptors (Lipinski definition) is 4. The fourth-order valence-electron chi connectivity index (χ4n) is 3.21. The zero-order valence-electron chi connectivity index (χ0n) is 13.4. The van der Waals surface area contributed by atoms with Gasteiger partial charge in [-0.05, 0) is 49.8 Å². The van der Waals surface area contributed by atoms with E-state index >= 15 is 0 Å². The number of aliphatic hydroxyl groups excluding tert-OH is 1. The first-order valence-corrected chi connectivity index (χ1v) is 8.20. The van der Waals surface area contributed by atoms with Crippen molar-refractivity contribution < 1.29 is 14.5 Å². The Morgan fingerprint density at radius 1 is 1.39 bits per heavy atom. The average Bonchev–Trinajstić information content (AvgIpc) is 3.13. The van der Waals surface area contributed by atoms with Crippen LogP contribution < -0.4 is 10.3 Å². The van der Waals surface area contributed by atoms with Gasteiger partial charge in [-0.1, -0.05) is 6.92 Å². The molecule has 0 radical (unpaired) electrons. The Hall–Kier alpha value is -2.32. The molecule has 1 aliphatic carbocycles. The fraction of sp³-hybridized carbons (Fsp3) is 0.444. The van der Waals surface area contributed by atoms with Crippen molar-refractivity contribution in [3.8, 4) is 17.5 Å². The van der Waals surface area contributed by atoms with Gasteiger partial charge in [0, 0.05) is 5.56 Å². The third-order valence-corrected chi connectivity index (χ3v) is 4.51. The molecular formula is C18H22N3O2+. The van der Waals surface area contributed by atoms with Crippen LogP contribution in [-0.2, 0) is 12.8 Å². The lowest BCUT2D eigenvalue weighted by Gasteiger charge is -2.20. The van der Waals surface area contributed by atoms with Crippen LogP contribution in [0.15, 0.2) is 22.8 Å². The molecule has 1 atom stereocenters. The molecule has 0 fully saturated rings. The van der Waals surface area contributed by atoms with Crippen molar-refractivity contribution in [3.63, 3.8) is 0 Å². The molecule has 0 saturated carbocycles. The number of hydrogen-bond donors (Lipinski definition) is 2. The Bertz CT molecular complexity index is 713. The van der Waals surface area contributed by atoms with Gasteiger partial charge in [0.15, 0.2) is 11.5 Å². The van der Waals surface area contributed by atoms with Gasteiger partial charge >= 0.3 is 0 Å². The quantitative estimate of drug-likeness (QED) is 0.889. The lowest BCUT2D eigenvalue weighted by Crippen LogP contribution is -2.30. The van der Waals surface area contributed by atoms with Crippen molar-refractivity contribution in [2.24, 2.45) is 0 Å². The molecule has 2 heterocycles. The SMILES string of the molecule is CC[C@@H](CO)Nc1[nH+]c(-c2ccco2)c2c(c1C#N)CCCC2. The van der Waals surface area contributed by atoms with Crippen LogP contribution in [0, 0.1) is 11.3 Å². The highest BCUT2D eigenvalue weighted by molar-refractivity contribution is 5.65. The molecule has 0 aliphatic heterocycles. The average molecular weight is 312 g/mol. The lowest BCUT2D eigenvalue weighted by atomic mass is 9.87. The molecule has 0 bridgehead atoms. The third-order valence-electron chi connectivity index (χ3n) is 4.51. The van der Waals surface area contributed by atoms with Crippen molar-refractivity contribution in [2.75, 3.05) is 11.9 Å². The summed E-state index contributed by atoms with van der Waals surface area (Å²) in [6.45, 7) is 2.04. The Kier molecular flexibility index (Phi) is 4.63. The summed E-state index contributed by atoms with van der Waals surface area (Å²) in [7, 11) is 0. The topological polar surface area (TPSA) is 83.3 Å². The minimum Gasteiger partial charge on any atom is -0.461 e. The van der Waals surface area contributed by atoms with Crippen molar-refractivity contribution in [1.82, 2.24) is 0 Å². The highest BCUT2D eigenvalue weighted by Crippen LogP contribution is 2.33. The summed E-state index contributed by atoms with van der Waals surface area (Å²) in [5.74, 6) is 1.47. The summed E-state index contributed by atoms with van der Waals surface area (Å²) in [5, 5.41) is 22.4. The fourth-order valence-corrected chi connectivity index (χ4v) is 3.21. The van der Waals surface area contributed by atoms with Gasteiger partial charge in [0.1, 0.15) is 17.7 Å². The van der Waals surface area contributed by atoms with Crippen LogP contribution in [0.4, 0.5) is 5.82 Å². The van der Waals surface area contributed by atoms with Gasteiger partial charge in [-0.25, -0.2) is 4.98 Å². The second kappa shape index (κ2) is 6.84. The van der Waals surface area contributed by atoms with E-state index in [2.05, 4.69) is 16.4 Å². The molecule has 5 heteroatoms. The summed E-state index contributed by atoms with van der Waals surface area (Å²) in [6, 6.07) is 6.06. The first-order chi connectivity index (χ1) is 11.3. The largest absolute Gasteiger partial charge is 0.461 e. The molecule has 0 amide bonds. The monoisotopic (exact) mass is 312 g/mol.